The first kappa shape index (κ1) is 28.2. The van der Waals surface area contributed by atoms with Gasteiger partial charge >= 0.3 is 5.97 Å². The number of hydrogen-bond acceptors (Lipinski definition) is 10. The number of ether oxygens (including phenoxy) is 2. The smallest absolute Gasteiger partial charge is 0.340 e. The van der Waals surface area contributed by atoms with Crippen molar-refractivity contribution in [3.63, 3.8) is 0 Å². The summed E-state index contributed by atoms with van der Waals surface area (Å²) in [4.78, 5) is 26.3. The Labute approximate surface area is 235 Å². The molecule has 0 unspecified atom stereocenters. The van der Waals surface area contributed by atoms with E-state index in [1.54, 1.807) is 38.4 Å². The van der Waals surface area contributed by atoms with E-state index in [0.717, 1.165) is 10.9 Å². The second-order valence-corrected chi connectivity index (χ2v) is 15.0. The number of nitrogens with two attached hydrogens (primary N) is 1. The molecule has 0 amide bonds. The zero-order valence-electron chi connectivity index (χ0n) is 24.0. The molecule has 0 radical (unpaired) electrons. The highest BCUT2D eigenvalue weighted by atomic mass is 32.2. The number of fused-ring (bicyclic) bond motifs is 2. The van der Waals surface area contributed by atoms with Crippen molar-refractivity contribution in [3.05, 3.63) is 47.4 Å². The summed E-state index contributed by atoms with van der Waals surface area (Å²) in [7, 11) is -3.16. The van der Waals surface area contributed by atoms with Crippen LogP contribution in [-0.4, -0.2) is 51.5 Å². The Hall–Kier alpha value is -3.31. The molecule has 0 spiro atoms. The Kier molecular flexibility index (Phi) is 6.81. The van der Waals surface area contributed by atoms with Gasteiger partial charge in [-0.05, 0) is 70.7 Å². The highest BCUT2D eigenvalue weighted by Gasteiger charge is 2.42. The Balaban J connectivity index is 1.45. The number of rotatable bonds is 7. The average Bonchev–Trinajstić information content (AvgIpc) is 2.83. The van der Waals surface area contributed by atoms with Crippen molar-refractivity contribution < 1.29 is 22.7 Å². The monoisotopic (exact) mass is 567 g/mol. The molecule has 1 aliphatic carbocycles. The molecule has 1 aliphatic heterocycles. The van der Waals surface area contributed by atoms with Gasteiger partial charge < -0.3 is 20.5 Å². The molecule has 0 aromatic carbocycles. The quantitative estimate of drug-likeness (QED) is 0.384. The van der Waals surface area contributed by atoms with E-state index in [0.29, 0.717) is 47.0 Å². The molecule has 214 valence electrons. The maximum absolute atomic E-state index is 12.5. The molecule has 40 heavy (non-hydrogen) atoms. The first-order valence-corrected chi connectivity index (χ1v) is 15.2. The lowest BCUT2D eigenvalue weighted by Gasteiger charge is -2.36. The summed E-state index contributed by atoms with van der Waals surface area (Å²) in [5, 5.41) is 3.96. The second kappa shape index (κ2) is 9.66. The van der Waals surface area contributed by atoms with Crippen LogP contribution in [0, 0.1) is 0 Å². The van der Waals surface area contributed by atoms with Gasteiger partial charge in [0.05, 0.1) is 27.1 Å². The van der Waals surface area contributed by atoms with Crippen LogP contribution in [0.15, 0.2) is 30.6 Å². The largest absolute Gasteiger partial charge is 0.474 e. The van der Waals surface area contributed by atoms with Crippen LogP contribution in [0.5, 0.6) is 5.88 Å². The molecule has 2 aliphatic rings. The number of cyclic esters (lactones) is 1. The number of carbonyl (C=O) groups is 1. The van der Waals surface area contributed by atoms with Crippen molar-refractivity contribution in [2.24, 2.45) is 5.73 Å². The van der Waals surface area contributed by atoms with E-state index in [9.17, 15) is 13.2 Å². The molecule has 5 rings (SSSR count). The third-order valence-electron chi connectivity index (χ3n) is 8.09. The number of nitrogens with one attached hydrogen (secondary N) is 1. The van der Waals surface area contributed by atoms with Gasteiger partial charge in [-0.25, -0.2) is 28.2 Å². The third-order valence-corrected chi connectivity index (χ3v) is 10.7. The number of anilines is 2. The highest BCUT2D eigenvalue weighted by molar-refractivity contribution is 7.92. The predicted octanol–water partition coefficient (Wildman–Crippen LogP) is 4.75. The first-order chi connectivity index (χ1) is 18.6. The minimum absolute atomic E-state index is 0.0939. The fraction of sp³-hybridized carbons (Fsp3) is 0.517. The van der Waals surface area contributed by atoms with Gasteiger partial charge in [0, 0.05) is 36.7 Å². The topological polar surface area (TPSA) is 146 Å². The van der Waals surface area contributed by atoms with E-state index in [2.05, 4.69) is 15.3 Å². The Morgan fingerprint density at radius 3 is 2.48 bits per heavy atom. The van der Waals surface area contributed by atoms with Gasteiger partial charge in [0.15, 0.2) is 9.84 Å². The molecular formula is C29H37N5O5S. The van der Waals surface area contributed by atoms with Crippen LogP contribution in [-0.2, 0) is 20.1 Å². The molecule has 10 nitrogen and oxygen atoms in total. The molecular weight excluding hydrogens is 530 g/mol. The van der Waals surface area contributed by atoms with Crippen LogP contribution >= 0.6 is 0 Å². The Morgan fingerprint density at radius 1 is 1.12 bits per heavy atom. The molecule has 3 N–H and O–H groups in total. The van der Waals surface area contributed by atoms with Crippen LogP contribution in [0.25, 0.3) is 10.8 Å². The molecule has 1 fully saturated rings. The normalized spacial score (nSPS) is 22.4. The summed E-state index contributed by atoms with van der Waals surface area (Å²) in [5.74, 6) is 1.02. The summed E-state index contributed by atoms with van der Waals surface area (Å²) >= 11 is 0. The van der Waals surface area contributed by atoms with Crippen molar-refractivity contribution in [1.29, 1.82) is 0 Å². The fourth-order valence-electron chi connectivity index (χ4n) is 5.10. The van der Waals surface area contributed by atoms with Crippen LogP contribution in [0.1, 0.15) is 88.8 Å². The van der Waals surface area contributed by atoms with Crippen molar-refractivity contribution in [3.8, 4) is 5.88 Å². The number of sulfone groups is 1. The number of carbonyl (C=O) groups excluding carboxylic acids is 1. The van der Waals surface area contributed by atoms with Gasteiger partial charge in [0.25, 0.3) is 0 Å². The Bertz CT molecular complexity index is 1590. The second-order valence-electron chi connectivity index (χ2n) is 12.3. The van der Waals surface area contributed by atoms with Crippen molar-refractivity contribution in [1.82, 2.24) is 15.0 Å². The molecule has 0 saturated heterocycles. The number of aromatic nitrogens is 3. The van der Waals surface area contributed by atoms with E-state index in [1.165, 1.54) is 0 Å². The van der Waals surface area contributed by atoms with Gasteiger partial charge in [0.2, 0.25) is 5.88 Å². The van der Waals surface area contributed by atoms with Gasteiger partial charge in [-0.1, -0.05) is 6.92 Å². The fourth-order valence-corrected chi connectivity index (χ4v) is 6.84. The molecule has 1 atom stereocenters. The summed E-state index contributed by atoms with van der Waals surface area (Å²) in [5.41, 5.74) is 7.08. The number of nitrogens with zero attached hydrogens (tertiary/aromatic N) is 3. The molecule has 11 heteroatoms. The average molecular weight is 568 g/mol. The standard InChI is InChI=1S/C29H37N5O5S/c1-15(2)40(36,37)18-10-17(11-18)38-26-21-13-31-24(12-20(21)22(14-32-26)28(4,5)30)33-23-9-8-19-25(34-23)16(3)29(6,7)39-27(19)35/h8-9,12-18H,10-11,30H2,1-7H3,(H,31,33,34)/t16-,17?,18?/m1/s1. The number of hydrogen-bond donors (Lipinski definition) is 2. The molecule has 0 bridgehead atoms. The molecule has 3 aromatic heterocycles. The van der Waals surface area contributed by atoms with Crippen LogP contribution in [0.2, 0.25) is 0 Å². The van der Waals surface area contributed by atoms with E-state index in [1.807, 2.05) is 40.7 Å². The van der Waals surface area contributed by atoms with Crippen LogP contribution < -0.4 is 15.8 Å². The van der Waals surface area contributed by atoms with Crippen molar-refractivity contribution >= 4 is 38.2 Å². The lowest BCUT2D eigenvalue weighted by molar-refractivity contribution is -0.0189. The van der Waals surface area contributed by atoms with E-state index < -0.39 is 26.2 Å². The van der Waals surface area contributed by atoms with Gasteiger partial charge in [-0.2, -0.15) is 0 Å². The molecule has 4 heterocycles. The zero-order valence-corrected chi connectivity index (χ0v) is 24.8. The van der Waals surface area contributed by atoms with Crippen LogP contribution in [0.4, 0.5) is 11.6 Å². The lowest BCUT2D eigenvalue weighted by Crippen LogP contribution is -2.45. The summed E-state index contributed by atoms with van der Waals surface area (Å²) < 4.78 is 36.7. The van der Waals surface area contributed by atoms with Crippen LogP contribution in [0.3, 0.4) is 0 Å². The predicted molar refractivity (Wildman–Crippen MR) is 154 cm³/mol. The lowest BCUT2D eigenvalue weighted by atomic mass is 9.84. The highest BCUT2D eigenvalue weighted by Crippen LogP contribution is 2.39. The van der Waals surface area contributed by atoms with E-state index in [-0.39, 0.29) is 23.2 Å². The zero-order chi connectivity index (χ0) is 29.2. The van der Waals surface area contributed by atoms with E-state index >= 15 is 0 Å². The third kappa shape index (κ3) is 5.01. The maximum atomic E-state index is 12.5. The number of pyridine rings is 3. The Morgan fingerprint density at radius 2 is 1.82 bits per heavy atom. The summed E-state index contributed by atoms with van der Waals surface area (Å²) in [6.45, 7) is 13.0. The SMILES string of the molecule is CC(C)S(=O)(=O)C1CC(Oc2ncc(C(C)(C)N)c3cc(Nc4ccc5c(n4)[C@@H](C)C(C)(C)OC5=O)ncc23)C1. The van der Waals surface area contributed by atoms with E-state index in [4.69, 9.17) is 20.2 Å². The van der Waals surface area contributed by atoms with Crippen molar-refractivity contribution in [2.45, 2.75) is 95.0 Å². The summed E-state index contributed by atoms with van der Waals surface area (Å²) in [6, 6.07) is 5.32. The van der Waals surface area contributed by atoms with Gasteiger partial charge in [-0.15, -0.1) is 0 Å². The number of esters is 1. The minimum atomic E-state index is -3.16. The van der Waals surface area contributed by atoms with Gasteiger partial charge in [-0.3, -0.25) is 0 Å². The maximum Gasteiger partial charge on any atom is 0.340 e. The summed E-state index contributed by atoms with van der Waals surface area (Å²) in [6.07, 6.45) is 4.02. The van der Waals surface area contributed by atoms with Gasteiger partial charge in [0.1, 0.15) is 23.3 Å². The van der Waals surface area contributed by atoms with Crippen molar-refractivity contribution in [2.75, 3.05) is 5.32 Å². The molecule has 3 aromatic rings. The minimum Gasteiger partial charge on any atom is -0.474 e. The molecule has 1 saturated carbocycles. The first-order valence-electron chi connectivity index (χ1n) is 13.6.